The molecular formula is C19H18F3N3O3. The van der Waals surface area contributed by atoms with Crippen LogP contribution in [-0.4, -0.2) is 46.8 Å². The molecule has 0 aromatic heterocycles. The zero-order valence-corrected chi connectivity index (χ0v) is 14.8. The Morgan fingerprint density at radius 2 is 1.50 bits per heavy atom. The summed E-state index contributed by atoms with van der Waals surface area (Å²) in [6, 6.07) is 3.34. The van der Waals surface area contributed by atoms with Crippen LogP contribution < -0.4 is 5.32 Å². The molecule has 2 heterocycles. The van der Waals surface area contributed by atoms with Crippen molar-refractivity contribution in [2.45, 2.75) is 25.1 Å². The second-order valence-corrected chi connectivity index (χ2v) is 7.27. The van der Waals surface area contributed by atoms with E-state index < -0.39 is 17.8 Å². The molecule has 148 valence electrons. The number of amides is 4. The Labute approximate surface area is 159 Å². The second kappa shape index (κ2) is 6.65. The second-order valence-electron chi connectivity index (χ2n) is 7.27. The van der Waals surface area contributed by atoms with Gasteiger partial charge in [0.25, 0.3) is 0 Å². The lowest BCUT2D eigenvalue weighted by Crippen LogP contribution is -2.63. The number of nitrogens with one attached hydrogen (secondary N) is 1. The van der Waals surface area contributed by atoms with Gasteiger partial charge < -0.3 is 10.2 Å². The quantitative estimate of drug-likeness (QED) is 0.621. The number of alkyl halides is 3. The van der Waals surface area contributed by atoms with Crippen LogP contribution in [0.4, 0.5) is 23.7 Å². The maximum Gasteiger partial charge on any atom is 0.416 e. The van der Waals surface area contributed by atoms with Crippen molar-refractivity contribution in [3.05, 3.63) is 42.0 Å². The molecule has 1 aromatic rings. The number of imide groups is 1. The number of allylic oxidation sites excluding steroid dienone is 2. The first-order valence-corrected chi connectivity index (χ1v) is 9.01. The number of rotatable bonds is 2. The molecule has 0 radical (unpaired) electrons. The molecule has 0 bridgehead atoms. The summed E-state index contributed by atoms with van der Waals surface area (Å²) in [6.45, 7) is 0.438. The largest absolute Gasteiger partial charge is 0.416 e. The molecule has 28 heavy (non-hydrogen) atoms. The van der Waals surface area contributed by atoms with Gasteiger partial charge in [0.2, 0.25) is 11.8 Å². The molecule has 0 saturated carbocycles. The van der Waals surface area contributed by atoms with E-state index in [9.17, 15) is 27.6 Å². The Kier molecular flexibility index (Phi) is 4.40. The fourth-order valence-electron chi connectivity index (χ4n) is 3.92. The molecule has 9 heteroatoms. The molecule has 1 aromatic carbocycles. The fraction of sp³-hybridized carbons (Fsp3) is 0.421. The molecule has 0 spiro atoms. The summed E-state index contributed by atoms with van der Waals surface area (Å²) in [5.74, 6) is -0.945. The van der Waals surface area contributed by atoms with Crippen LogP contribution in [0, 0.1) is 11.8 Å². The molecule has 2 atom stereocenters. The van der Waals surface area contributed by atoms with Crippen molar-refractivity contribution in [3.63, 3.8) is 0 Å². The predicted octanol–water partition coefficient (Wildman–Crippen LogP) is 2.87. The Morgan fingerprint density at radius 1 is 0.964 bits per heavy atom. The average molecular weight is 393 g/mol. The number of benzene rings is 1. The molecule has 1 aliphatic carbocycles. The van der Waals surface area contributed by atoms with Crippen molar-refractivity contribution >= 4 is 23.5 Å². The standard InChI is InChI=1S/C19H18F3N3O3/c20-19(21,22)11-5-7-12(8-6-11)23-18(28)24-9-13(10-24)25-16(26)14-3-1-2-4-15(14)17(25)27/h1-2,5-8,13-15H,3-4,9-10H2,(H,23,28). The van der Waals surface area contributed by atoms with Gasteiger partial charge in [-0.1, -0.05) is 12.2 Å². The van der Waals surface area contributed by atoms with E-state index in [1.54, 1.807) is 0 Å². The topological polar surface area (TPSA) is 69.7 Å². The lowest BCUT2D eigenvalue weighted by atomic mass is 9.85. The number of hydrogen-bond donors (Lipinski definition) is 1. The van der Waals surface area contributed by atoms with Gasteiger partial charge >= 0.3 is 12.2 Å². The number of anilines is 1. The van der Waals surface area contributed by atoms with Crippen molar-refractivity contribution in [2.75, 3.05) is 18.4 Å². The summed E-state index contributed by atoms with van der Waals surface area (Å²) >= 11 is 0. The Bertz CT molecular complexity index is 818. The highest BCUT2D eigenvalue weighted by Crippen LogP contribution is 2.37. The van der Waals surface area contributed by atoms with Gasteiger partial charge in [0.05, 0.1) is 23.4 Å². The summed E-state index contributed by atoms with van der Waals surface area (Å²) in [7, 11) is 0. The first-order valence-electron chi connectivity index (χ1n) is 9.01. The lowest BCUT2D eigenvalue weighted by molar-refractivity contribution is -0.145. The van der Waals surface area contributed by atoms with E-state index in [2.05, 4.69) is 5.32 Å². The van der Waals surface area contributed by atoms with Crippen LogP contribution in [0.1, 0.15) is 18.4 Å². The third-order valence-electron chi connectivity index (χ3n) is 5.52. The van der Waals surface area contributed by atoms with Crippen LogP contribution in [0.15, 0.2) is 36.4 Å². The number of halogens is 3. The molecule has 2 unspecified atom stereocenters. The number of fused-ring (bicyclic) bond motifs is 1. The van der Waals surface area contributed by atoms with E-state index in [0.717, 1.165) is 12.1 Å². The zero-order valence-electron chi connectivity index (χ0n) is 14.8. The van der Waals surface area contributed by atoms with Gasteiger partial charge in [-0.25, -0.2) is 4.79 Å². The van der Waals surface area contributed by atoms with E-state index in [1.807, 2.05) is 12.2 Å². The maximum absolute atomic E-state index is 12.6. The highest BCUT2D eigenvalue weighted by Gasteiger charge is 2.52. The van der Waals surface area contributed by atoms with Crippen molar-refractivity contribution < 1.29 is 27.6 Å². The first kappa shape index (κ1) is 18.5. The number of hydrogen-bond acceptors (Lipinski definition) is 3. The molecule has 1 N–H and O–H groups in total. The number of nitrogens with zero attached hydrogens (tertiary/aromatic N) is 2. The summed E-state index contributed by atoms with van der Waals surface area (Å²) < 4.78 is 37.7. The SMILES string of the molecule is O=C(Nc1ccc(C(F)(F)F)cc1)N1CC(N2C(=O)C3CC=CCC3C2=O)C1. The monoisotopic (exact) mass is 393 g/mol. The molecule has 2 aliphatic heterocycles. The summed E-state index contributed by atoms with van der Waals surface area (Å²) in [6.07, 6.45) is 0.531. The first-order chi connectivity index (χ1) is 13.3. The van der Waals surface area contributed by atoms with E-state index >= 15 is 0 Å². The maximum atomic E-state index is 12.6. The average Bonchev–Trinajstić information content (AvgIpc) is 2.86. The Morgan fingerprint density at radius 3 is 2.00 bits per heavy atom. The van der Waals surface area contributed by atoms with Crippen molar-refractivity contribution in [1.29, 1.82) is 0 Å². The highest BCUT2D eigenvalue weighted by molar-refractivity contribution is 6.06. The van der Waals surface area contributed by atoms with E-state index in [4.69, 9.17) is 0 Å². The minimum absolute atomic E-state index is 0.174. The lowest BCUT2D eigenvalue weighted by Gasteiger charge is -2.43. The van der Waals surface area contributed by atoms with Crippen LogP contribution >= 0.6 is 0 Å². The predicted molar refractivity (Wildman–Crippen MR) is 93.0 cm³/mol. The summed E-state index contributed by atoms with van der Waals surface area (Å²) in [5.41, 5.74) is -0.552. The smallest absolute Gasteiger partial charge is 0.320 e. The minimum atomic E-state index is -4.44. The van der Waals surface area contributed by atoms with Gasteiger partial charge in [-0.3, -0.25) is 14.5 Å². The highest BCUT2D eigenvalue weighted by atomic mass is 19.4. The van der Waals surface area contributed by atoms with Crippen LogP contribution in [0.5, 0.6) is 0 Å². The number of urea groups is 1. The van der Waals surface area contributed by atoms with Gasteiger partial charge in [0.1, 0.15) is 0 Å². The zero-order chi connectivity index (χ0) is 20.1. The Balaban J connectivity index is 1.33. The molecule has 4 rings (SSSR count). The van der Waals surface area contributed by atoms with Gasteiger partial charge in [-0.2, -0.15) is 13.2 Å². The van der Waals surface area contributed by atoms with Gasteiger partial charge in [0, 0.05) is 18.8 Å². The van der Waals surface area contributed by atoms with Crippen LogP contribution in [0.25, 0.3) is 0 Å². The van der Waals surface area contributed by atoms with Gasteiger partial charge in [-0.05, 0) is 37.1 Å². The number of carbonyl (C=O) groups is 3. The van der Waals surface area contributed by atoms with E-state index in [-0.39, 0.29) is 48.5 Å². The van der Waals surface area contributed by atoms with Crippen molar-refractivity contribution in [3.8, 4) is 0 Å². The van der Waals surface area contributed by atoms with Gasteiger partial charge in [-0.15, -0.1) is 0 Å². The molecule has 4 amide bonds. The summed E-state index contributed by atoms with van der Waals surface area (Å²) in [5, 5.41) is 2.53. The minimum Gasteiger partial charge on any atom is -0.320 e. The van der Waals surface area contributed by atoms with Crippen LogP contribution in [-0.2, 0) is 15.8 Å². The Hall–Kier alpha value is -2.84. The fourth-order valence-corrected chi connectivity index (χ4v) is 3.92. The van der Waals surface area contributed by atoms with Crippen LogP contribution in [0.3, 0.4) is 0 Å². The van der Waals surface area contributed by atoms with Crippen molar-refractivity contribution in [2.24, 2.45) is 11.8 Å². The van der Waals surface area contributed by atoms with Crippen LogP contribution in [0.2, 0.25) is 0 Å². The molecular weight excluding hydrogens is 375 g/mol. The van der Waals surface area contributed by atoms with Gasteiger partial charge in [0.15, 0.2) is 0 Å². The molecule has 2 fully saturated rings. The van der Waals surface area contributed by atoms with E-state index in [1.165, 1.54) is 21.9 Å². The van der Waals surface area contributed by atoms with Crippen molar-refractivity contribution in [1.82, 2.24) is 9.80 Å². The molecule has 2 saturated heterocycles. The summed E-state index contributed by atoms with van der Waals surface area (Å²) in [4.78, 5) is 40.0. The number of carbonyl (C=O) groups excluding carboxylic acids is 3. The molecule has 6 nitrogen and oxygen atoms in total. The normalized spacial score (nSPS) is 25.0. The third kappa shape index (κ3) is 3.14. The van der Waals surface area contributed by atoms with E-state index in [0.29, 0.717) is 12.8 Å². The molecule has 3 aliphatic rings. The third-order valence-corrected chi connectivity index (χ3v) is 5.52. The number of likely N-dealkylation sites (tertiary alicyclic amines) is 2.